The van der Waals surface area contributed by atoms with E-state index in [9.17, 15) is 4.79 Å². The maximum atomic E-state index is 11.6. The number of aromatic nitrogens is 2. The Labute approximate surface area is 226 Å². The summed E-state index contributed by atoms with van der Waals surface area (Å²) in [5, 5.41) is 5.29. The zero-order valence-electron chi connectivity index (χ0n) is 22.8. The molecular formula is C34H38N2O2. The van der Waals surface area contributed by atoms with E-state index < -0.39 is 0 Å². The minimum atomic E-state index is -0.147. The van der Waals surface area contributed by atoms with Crippen LogP contribution in [0, 0.1) is 23.2 Å². The molecule has 0 bridgehead atoms. The molecule has 2 saturated carbocycles. The average molecular weight is 507 g/mol. The second-order valence-corrected chi connectivity index (χ2v) is 12.7. The van der Waals surface area contributed by atoms with Crippen LogP contribution in [-0.2, 0) is 21.4 Å². The molecule has 1 aromatic heterocycles. The van der Waals surface area contributed by atoms with Crippen LogP contribution in [0.3, 0.4) is 0 Å². The molecule has 196 valence electrons. The number of carbonyl (C=O) groups is 1. The van der Waals surface area contributed by atoms with Gasteiger partial charge in [-0.05, 0) is 73.8 Å². The lowest BCUT2D eigenvalue weighted by Gasteiger charge is -2.57. The molecule has 0 amide bonds. The Hall–Kier alpha value is -3.14. The fraction of sp³-hybridized carbons (Fsp3) is 0.471. The number of nitrogens with zero attached hydrogens (tertiary/aromatic N) is 2. The summed E-state index contributed by atoms with van der Waals surface area (Å²) in [6.07, 6.45) is 10.3. The highest BCUT2D eigenvalue weighted by atomic mass is 16.5. The highest BCUT2D eigenvalue weighted by molar-refractivity contribution is 5.68. The number of esters is 1. The van der Waals surface area contributed by atoms with Crippen molar-refractivity contribution >= 4 is 5.97 Å². The van der Waals surface area contributed by atoms with Gasteiger partial charge in [-0.25, -0.2) is 4.68 Å². The monoisotopic (exact) mass is 506 g/mol. The smallest absolute Gasteiger partial charge is 0.302 e. The predicted molar refractivity (Wildman–Crippen MR) is 150 cm³/mol. The van der Waals surface area contributed by atoms with Crippen LogP contribution in [0.5, 0.6) is 0 Å². The molecule has 0 saturated heterocycles. The SMILES string of the molecule is CC(=O)OC1CCC2(C)C(=CCC3C2CCC2(C)c4c(c(-c5ccccc5)nn4-c4ccccc4)CC32)C1. The Morgan fingerprint density at radius 2 is 1.63 bits per heavy atom. The first-order valence-electron chi connectivity index (χ1n) is 14.5. The Bertz CT molecular complexity index is 1410. The van der Waals surface area contributed by atoms with E-state index in [0.717, 1.165) is 43.5 Å². The molecule has 4 aliphatic carbocycles. The van der Waals surface area contributed by atoms with Crippen molar-refractivity contribution in [2.75, 3.05) is 0 Å². The van der Waals surface area contributed by atoms with E-state index in [1.165, 1.54) is 29.7 Å². The maximum Gasteiger partial charge on any atom is 0.302 e. The predicted octanol–water partition coefficient (Wildman–Crippen LogP) is 7.45. The summed E-state index contributed by atoms with van der Waals surface area (Å²) in [6, 6.07) is 21.5. The topological polar surface area (TPSA) is 44.1 Å². The fourth-order valence-corrected chi connectivity index (χ4v) is 8.99. The number of allylic oxidation sites excluding steroid dienone is 1. The molecule has 0 N–H and O–H groups in total. The first-order valence-corrected chi connectivity index (χ1v) is 14.5. The molecule has 4 heteroatoms. The number of rotatable bonds is 3. The minimum Gasteiger partial charge on any atom is -0.462 e. The van der Waals surface area contributed by atoms with Gasteiger partial charge in [0.2, 0.25) is 0 Å². The first kappa shape index (κ1) is 23.9. The molecule has 0 aliphatic heterocycles. The van der Waals surface area contributed by atoms with Crippen molar-refractivity contribution in [3.05, 3.63) is 83.6 Å². The van der Waals surface area contributed by atoms with Gasteiger partial charge in [0.25, 0.3) is 0 Å². The summed E-state index contributed by atoms with van der Waals surface area (Å²) in [5.41, 5.74) is 8.35. The molecule has 0 spiro atoms. The number of benzene rings is 2. The molecule has 3 aromatic rings. The van der Waals surface area contributed by atoms with Crippen LogP contribution in [0.1, 0.15) is 70.6 Å². The van der Waals surface area contributed by atoms with E-state index in [4.69, 9.17) is 9.84 Å². The molecule has 4 aliphatic rings. The third-order valence-corrected chi connectivity index (χ3v) is 10.8. The second-order valence-electron chi connectivity index (χ2n) is 12.7. The van der Waals surface area contributed by atoms with Crippen LogP contribution in [-0.4, -0.2) is 21.9 Å². The van der Waals surface area contributed by atoms with Crippen LogP contribution in [0.25, 0.3) is 16.9 Å². The number of carbonyl (C=O) groups excluding carboxylic acids is 1. The molecule has 0 radical (unpaired) electrons. The van der Waals surface area contributed by atoms with Crippen molar-refractivity contribution in [1.82, 2.24) is 9.78 Å². The van der Waals surface area contributed by atoms with Crippen LogP contribution in [0.2, 0.25) is 0 Å². The molecule has 2 fully saturated rings. The van der Waals surface area contributed by atoms with E-state index in [2.05, 4.69) is 85.3 Å². The molecule has 7 rings (SSSR count). The van der Waals surface area contributed by atoms with Crippen molar-refractivity contribution in [3.63, 3.8) is 0 Å². The van der Waals surface area contributed by atoms with Crippen LogP contribution < -0.4 is 0 Å². The van der Waals surface area contributed by atoms with Crippen molar-refractivity contribution in [1.29, 1.82) is 0 Å². The van der Waals surface area contributed by atoms with Crippen molar-refractivity contribution < 1.29 is 9.53 Å². The quantitative estimate of drug-likeness (QED) is 0.274. The van der Waals surface area contributed by atoms with Crippen molar-refractivity contribution in [2.45, 2.75) is 77.2 Å². The third-order valence-electron chi connectivity index (χ3n) is 10.8. The fourth-order valence-electron chi connectivity index (χ4n) is 8.99. The van der Waals surface area contributed by atoms with Gasteiger partial charge < -0.3 is 4.74 Å². The van der Waals surface area contributed by atoms with Gasteiger partial charge in [-0.3, -0.25) is 4.79 Å². The summed E-state index contributed by atoms with van der Waals surface area (Å²) < 4.78 is 7.95. The summed E-state index contributed by atoms with van der Waals surface area (Å²) >= 11 is 0. The maximum absolute atomic E-state index is 11.6. The van der Waals surface area contributed by atoms with Crippen molar-refractivity contribution in [3.8, 4) is 16.9 Å². The summed E-state index contributed by atoms with van der Waals surface area (Å²) in [6.45, 7) is 6.60. The van der Waals surface area contributed by atoms with Crippen LogP contribution in [0.4, 0.5) is 0 Å². The van der Waals surface area contributed by atoms with E-state index in [0.29, 0.717) is 17.8 Å². The molecule has 38 heavy (non-hydrogen) atoms. The Morgan fingerprint density at radius 1 is 0.921 bits per heavy atom. The van der Waals surface area contributed by atoms with Gasteiger partial charge in [-0.2, -0.15) is 5.10 Å². The average Bonchev–Trinajstić information content (AvgIpc) is 3.45. The van der Waals surface area contributed by atoms with Gasteiger partial charge >= 0.3 is 5.97 Å². The lowest BCUT2D eigenvalue weighted by Crippen LogP contribution is -2.51. The summed E-state index contributed by atoms with van der Waals surface area (Å²) in [7, 11) is 0. The Morgan fingerprint density at radius 3 is 2.37 bits per heavy atom. The lowest BCUT2D eigenvalue weighted by molar-refractivity contribution is -0.148. The normalized spacial score (nSPS) is 33.4. The zero-order valence-corrected chi connectivity index (χ0v) is 22.8. The minimum absolute atomic E-state index is 0.0539. The van der Waals surface area contributed by atoms with Gasteiger partial charge in [0.05, 0.1) is 17.1 Å². The Kier molecular flexibility index (Phi) is 5.48. The number of hydrogen-bond donors (Lipinski definition) is 0. The van der Waals surface area contributed by atoms with E-state index >= 15 is 0 Å². The number of hydrogen-bond acceptors (Lipinski definition) is 3. The summed E-state index contributed by atoms with van der Waals surface area (Å²) in [4.78, 5) is 11.6. The van der Waals surface area contributed by atoms with E-state index in [1.54, 1.807) is 12.5 Å². The molecule has 2 aromatic carbocycles. The zero-order chi connectivity index (χ0) is 26.1. The van der Waals surface area contributed by atoms with E-state index in [1.807, 2.05) is 0 Å². The molecule has 6 atom stereocenters. The second kappa shape index (κ2) is 8.69. The molecule has 6 unspecified atom stereocenters. The third kappa shape index (κ3) is 3.48. The molecule has 4 nitrogen and oxygen atoms in total. The summed E-state index contributed by atoms with van der Waals surface area (Å²) in [5.74, 6) is 1.84. The van der Waals surface area contributed by atoms with E-state index in [-0.39, 0.29) is 22.9 Å². The van der Waals surface area contributed by atoms with Crippen LogP contribution >= 0.6 is 0 Å². The van der Waals surface area contributed by atoms with Crippen molar-refractivity contribution in [2.24, 2.45) is 23.2 Å². The van der Waals surface area contributed by atoms with Gasteiger partial charge in [0.1, 0.15) is 6.10 Å². The van der Waals surface area contributed by atoms with Gasteiger partial charge in [-0.1, -0.05) is 74.0 Å². The lowest BCUT2D eigenvalue weighted by atomic mass is 9.48. The first-order chi connectivity index (χ1) is 18.4. The standard InChI is InChI=1S/C34H38N2O2/c1-22(37)38-26-16-18-33(2)24(20-26)14-15-27-29(33)17-19-34(3)30(27)21-28-31(23-10-6-4-7-11-23)35-36(32(28)34)25-12-8-5-9-13-25/h4-14,26-27,29-30H,15-21H2,1-3H3. The van der Waals surface area contributed by atoms with Gasteiger partial charge in [-0.15, -0.1) is 0 Å². The molecule has 1 heterocycles. The van der Waals surface area contributed by atoms with Gasteiger partial charge in [0, 0.05) is 29.9 Å². The highest BCUT2D eigenvalue weighted by Crippen LogP contribution is 2.65. The highest BCUT2D eigenvalue weighted by Gasteiger charge is 2.59. The van der Waals surface area contributed by atoms with Crippen LogP contribution in [0.15, 0.2) is 72.3 Å². The number of para-hydroxylation sites is 1. The molecular weight excluding hydrogens is 468 g/mol. The number of ether oxygens (including phenoxy) is 1. The largest absolute Gasteiger partial charge is 0.462 e. The Balaban J connectivity index is 1.29. The number of fused-ring (bicyclic) bond motifs is 7. The van der Waals surface area contributed by atoms with Gasteiger partial charge in [0.15, 0.2) is 0 Å².